The second kappa shape index (κ2) is 9.75. The number of nitrogens with one attached hydrogen (secondary N) is 2. The van der Waals surface area contributed by atoms with Crippen molar-refractivity contribution in [1.29, 1.82) is 0 Å². The number of carbonyl (C=O) groups excluding carboxylic acids is 1. The molecule has 6 nitrogen and oxygen atoms in total. The Bertz CT molecular complexity index is 375. The zero-order valence-corrected chi connectivity index (χ0v) is 14.1. The minimum Gasteiger partial charge on any atom is -0.481 e. The van der Waals surface area contributed by atoms with Gasteiger partial charge in [-0.25, -0.2) is 4.79 Å². The number of rotatable bonds is 7. The molecule has 1 saturated carbocycles. The molecule has 0 spiro atoms. The maximum absolute atomic E-state index is 12.0. The van der Waals surface area contributed by atoms with E-state index in [9.17, 15) is 9.59 Å². The lowest BCUT2D eigenvalue weighted by Gasteiger charge is -2.33. The van der Waals surface area contributed by atoms with Gasteiger partial charge in [-0.2, -0.15) is 0 Å². The van der Waals surface area contributed by atoms with Crippen LogP contribution in [0.3, 0.4) is 0 Å². The molecule has 2 rings (SSSR count). The lowest BCUT2D eigenvalue weighted by molar-refractivity contribution is -0.137. The van der Waals surface area contributed by atoms with Gasteiger partial charge in [0.15, 0.2) is 0 Å². The average Bonchev–Trinajstić information content (AvgIpc) is 2.54. The van der Waals surface area contributed by atoms with Gasteiger partial charge in [0.25, 0.3) is 0 Å². The van der Waals surface area contributed by atoms with E-state index in [0.29, 0.717) is 6.04 Å². The minimum absolute atomic E-state index is 0.00296. The van der Waals surface area contributed by atoms with Crippen molar-refractivity contribution in [3.63, 3.8) is 0 Å². The Morgan fingerprint density at radius 3 is 2.13 bits per heavy atom. The van der Waals surface area contributed by atoms with Crippen LogP contribution in [0.25, 0.3) is 0 Å². The number of aliphatic carboxylic acids is 1. The highest BCUT2D eigenvalue weighted by Crippen LogP contribution is 2.17. The number of hydrogen-bond donors (Lipinski definition) is 3. The standard InChI is InChI=1S/C17H31N3O3/c21-16(22)8-4-5-11-20-12-9-15(10-13-20)19-17(23)18-14-6-2-1-3-7-14/h14-15H,1-13H2,(H,21,22)(H2,18,19,23). The van der Waals surface area contributed by atoms with Gasteiger partial charge >= 0.3 is 12.0 Å². The molecule has 1 aliphatic heterocycles. The fourth-order valence-corrected chi connectivity index (χ4v) is 3.57. The maximum Gasteiger partial charge on any atom is 0.315 e. The van der Waals surface area contributed by atoms with E-state index < -0.39 is 5.97 Å². The van der Waals surface area contributed by atoms with Gasteiger partial charge in [-0.1, -0.05) is 19.3 Å². The van der Waals surface area contributed by atoms with Crippen molar-refractivity contribution in [3.8, 4) is 0 Å². The van der Waals surface area contributed by atoms with Gasteiger partial charge in [0.05, 0.1) is 0 Å². The summed E-state index contributed by atoms with van der Waals surface area (Å²) >= 11 is 0. The lowest BCUT2D eigenvalue weighted by atomic mass is 9.96. The van der Waals surface area contributed by atoms with E-state index >= 15 is 0 Å². The van der Waals surface area contributed by atoms with Crippen LogP contribution in [0.5, 0.6) is 0 Å². The molecule has 2 fully saturated rings. The number of carboxylic acids is 1. The van der Waals surface area contributed by atoms with Crippen LogP contribution in [0.2, 0.25) is 0 Å². The fraction of sp³-hybridized carbons (Fsp3) is 0.882. The van der Waals surface area contributed by atoms with E-state index in [1.54, 1.807) is 0 Å². The van der Waals surface area contributed by atoms with Crippen LogP contribution >= 0.6 is 0 Å². The van der Waals surface area contributed by atoms with Gasteiger partial charge in [0, 0.05) is 31.6 Å². The first kappa shape index (κ1) is 18.0. The molecular formula is C17H31N3O3. The van der Waals surface area contributed by atoms with E-state index in [-0.39, 0.29) is 18.5 Å². The molecule has 0 aromatic carbocycles. The molecular weight excluding hydrogens is 294 g/mol. The largest absolute Gasteiger partial charge is 0.481 e. The van der Waals surface area contributed by atoms with Crippen LogP contribution in [0, 0.1) is 0 Å². The molecule has 3 N–H and O–H groups in total. The molecule has 0 aromatic heterocycles. The van der Waals surface area contributed by atoms with Crippen LogP contribution in [-0.4, -0.2) is 53.7 Å². The number of likely N-dealkylation sites (tertiary alicyclic amines) is 1. The maximum atomic E-state index is 12.0. The third-order valence-corrected chi connectivity index (χ3v) is 4.98. The summed E-state index contributed by atoms with van der Waals surface area (Å²) in [7, 11) is 0. The molecule has 1 heterocycles. The number of carbonyl (C=O) groups is 2. The van der Waals surface area contributed by atoms with Crippen LogP contribution < -0.4 is 10.6 Å². The molecule has 6 heteroatoms. The Balaban J connectivity index is 1.55. The van der Waals surface area contributed by atoms with Crippen molar-refractivity contribution < 1.29 is 14.7 Å². The summed E-state index contributed by atoms with van der Waals surface area (Å²) in [5.41, 5.74) is 0. The number of urea groups is 1. The van der Waals surface area contributed by atoms with E-state index in [2.05, 4.69) is 15.5 Å². The van der Waals surface area contributed by atoms with Crippen molar-refractivity contribution >= 4 is 12.0 Å². The predicted molar refractivity (Wildman–Crippen MR) is 89.5 cm³/mol. The number of piperidine rings is 1. The van der Waals surface area contributed by atoms with Gasteiger partial charge in [-0.3, -0.25) is 4.79 Å². The second-order valence-corrected chi connectivity index (χ2v) is 6.92. The Kier molecular flexibility index (Phi) is 7.65. The van der Waals surface area contributed by atoms with Crippen molar-refractivity contribution in [2.45, 2.75) is 76.3 Å². The molecule has 0 bridgehead atoms. The Labute approximate surface area is 139 Å². The predicted octanol–water partition coefficient (Wildman–Crippen LogP) is 2.34. The van der Waals surface area contributed by atoms with Crippen LogP contribution in [0.15, 0.2) is 0 Å². The first-order valence-corrected chi connectivity index (χ1v) is 9.14. The number of unbranched alkanes of at least 4 members (excludes halogenated alkanes) is 1. The van der Waals surface area contributed by atoms with E-state index in [1.165, 1.54) is 19.3 Å². The van der Waals surface area contributed by atoms with Gasteiger partial charge in [0.1, 0.15) is 0 Å². The van der Waals surface area contributed by atoms with Gasteiger partial charge in [0.2, 0.25) is 0 Å². The van der Waals surface area contributed by atoms with Crippen LogP contribution in [-0.2, 0) is 4.79 Å². The monoisotopic (exact) mass is 325 g/mol. The number of carboxylic acid groups (broad SMARTS) is 1. The molecule has 23 heavy (non-hydrogen) atoms. The molecule has 1 saturated heterocycles. The fourth-order valence-electron chi connectivity index (χ4n) is 3.57. The molecule has 132 valence electrons. The average molecular weight is 325 g/mol. The van der Waals surface area contributed by atoms with Crippen LogP contribution in [0.4, 0.5) is 4.79 Å². The molecule has 0 atom stereocenters. The van der Waals surface area contributed by atoms with E-state index in [4.69, 9.17) is 5.11 Å². The summed E-state index contributed by atoms with van der Waals surface area (Å²) < 4.78 is 0. The number of nitrogens with zero attached hydrogens (tertiary/aromatic N) is 1. The zero-order chi connectivity index (χ0) is 16.5. The van der Waals surface area contributed by atoms with Crippen molar-refractivity contribution in [3.05, 3.63) is 0 Å². The first-order chi connectivity index (χ1) is 11.1. The molecule has 0 unspecified atom stereocenters. The number of hydrogen-bond acceptors (Lipinski definition) is 3. The zero-order valence-electron chi connectivity index (χ0n) is 14.1. The van der Waals surface area contributed by atoms with Crippen molar-refractivity contribution in [2.24, 2.45) is 0 Å². The smallest absolute Gasteiger partial charge is 0.315 e. The normalized spacial score (nSPS) is 21.0. The summed E-state index contributed by atoms with van der Waals surface area (Å²) in [5.74, 6) is -0.711. The summed E-state index contributed by atoms with van der Waals surface area (Å²) in [5, 5.41) is 14.9. The SMILES string of the molecule is O=C(O)CCCCN1CCC(NC(=O)NC2CCCCC2)CC1. The number of amides is 2. The van der Waals surface area contributed by atoms with Gasteiger partial charge in [-0.05, 0) is 45.1 Å². The molecule has 2 amide bonds. The van der Waals surface area contributed by atoms with Gasteiger partial charge < -0.3 is 20.6 Å². The summed E-state index contributed by atoms with van der Waals surface area (Å²) in [6.45, 7) is 2.94. The van der Waals surface area contributed by atoms with E-state index in [1.807, 2.05) is 0 Å². The second-order valence-electron chi connectivity index (χ2n) is 6.92. The van der Waals surface area contributed by atoms with Crippen molar-refractivity contribution in [2.75, 3.05) is 19.6 Å². The highest BCUT2D eigenvalue weighted by molar-refractivity contribution is 5.74. The molecule has 0 radical (unpaired) electrons. The molecule has 2 aliphatic rings. The summed E-state index contributed by atoms with van der Waals surface area (Å²) in [6.07, 6.45) is 9.89. The quantitative estimate of drug-likeness (QED) is 0.628. The third kappa shape index (κ3) is 7.20. The Morgan fingerprint density at radius 1 is 0.913 bits per heavy atom. The highest BCUT2D eigenvalue weighted by atomic mass is 16.4. The minimum atomic E-state index is -0.711. The topological polar surface area (TPSA) is 81.7 Å². The highest BCUT2D eigenvalue weighted by Gasteiger charge is 2.22. The summed E-state index contributed by atoms with van der Waals surface area (Å²) in [6, 6.07) is 0.628. The van der Waals surface area contributed by atoms with Crippen molar-refractivity contribution in [1.82, 2.24) is 15.5 Å². The molecule has 0 aromatic rings. The van der Waals surface area contributed by atoms with E-state index in [0.717, 1.165) is 58.2 Å². The van der Waals surface area contributed by atoms with Crippen LogP contribution in [0.1, 0.15) is 64.2 Å². The Hall–Kier alpha value is -1.30. The Morgan fingerprint density at radius 2 is 1.52 bits per heavy atom. The van der Waals surface area contributed by atoms with Gasteiger partial charge in [-0.15, -0.1) is 0 Å². The first-order valence-electron chi connectivity index (χ1n) is 9.14. The lowest BCUT2D eigenvalue weighted by Crippen LogP contribution is -2.50. The third-order valence-electron chi connectivity index (χ3n) is 4.98. The summed E-state index contributed by atoms with van der Waals surface area (Å²) in [4.78, 5) is 24.9. The molecule has 1 aliphatic carbocycles.